The Morgan fingerprint density at radius 1 is 1.62 bits per heavy atom. The van der Waals surface area contributed by atoms with Crippen LogP contribution in [-0.2, 0) is 11.3 Å². The van der Waals surface area contributed by atoms with Crippen molar-refractivity contribution in [2.24, 2.45) is 0 Å². The van der Waals surface area contributed by atoms with Crippen molar-refractivity contribution in [2.45, 2.75) is 26.4 Å². The quantitative estimate of drug-likeness (QED) is 0.788. The molecule has 0 unspecified atom stereocenters. The third kappa shape index (κ3) is 4.31. The summed E-state index contributed by atoms with van der Waals surface area (Å²) in [6.45, 7) is 5.08. The number of rotatable bonds is 5. The van der Waals surface area contributed by atoms with E-state index in [0.717, 1.165) is 0 Å². The molecular formula is C10H18N4O2. The number of urea groups is 1. The SMILES string of the molecule is COCCn1cc(NC(=O)NC(C)C)cn1. The van der Waals surface area contributed by atoms with Crippen molar-refractivity contribution in [3.63, 3.8) is 0 Å². The second-order valence-electron chi connectivity index (χ2n) is 3.74. The van der Waals surface area contributed by atoms with E-state index in [1.165, 1.54) is 0 Å². The number of nitrogens with zero attached hydrogens (tertiary/aromatic N) is 2. The standard InChI is InChI=1S/C10H18N4O2/c1-8(2)12-10(15)13-9-6-11-14(7-9)4-5-16-3/h6-8H,4-5H2,1-3H3,(H2,12,13,15). The first-order valence-corrected chi connectivity index (χ1v) is 5.20. The molecular weight excluding hydrogens is 208 g/mol. The van der Waals surface area contributed by atoms with Crippen molar-refractivity contribution in [3.8, 4) is 0 Å². The van der Waals surface area contributed by atoms with Crippen LogP contribution in [0, 0.1) is 0 Å². The van der Waals surface area contributed by atoms with Crippen LogP contribution in [0.2, 0.25) is 0 Å². The second kappa shape index (κ2) is 6.12. The molecule has 2 N–H and O–H groups in total. The molecule has 1 rings (SSSR count). The highest BCUT2D eigenvalue weighted by atomic mass is 16.5. The van der Waals surface area contributed by atoms with Crippen LogP contribution < -0.4 is 10.6 Å². The highest BCUT2D eigenvalue weighted by molar-refractivity contribution is 5.89. The minimum absolute atomic E-state index is 0.114. The molecule has 1 heterocycles. The molecule has 16 heavy (non-hydrogen) atoms. The molecule has 0 aliphatic carbocycles. The normalized spacial score (nSPS) is 10.5. The number of aromatic nitrogens is 2. The number of hydrogen-bond acceptors (Lipinski definition) is 3. The van der Waals surface area contributed by atoms with E-state index in [1.54, 1.807) is 24.2 Å². The van der Waals surface area contributed by atoms with Crippen molar-refractivity contribution < 1.29 is 9.53 Å². The van der Waals surface area contributed by atoms with E-state index < -0.39 is 0 Å². The van der Waals surface area contributed by atoms with Gasteiger partial charge in [-0.3, -0.25) is 4.68 Å². The number of methoxy groups -OCH3 is 1. The number of ether oxygens (including phenoxy) is 1. The molecule has 2 amide bonds. The summed E-state index contributed by atoms with van der Waals surface area (Å²) in [6.07, 6.45) is 3.37. The van der Waals surface area contributed by atoms with Gasteiger partial charge in [-0.05, 0) is 13.8 Å². The van der Waals surface area contributed by atoms with Gasteiger partial charge in [0, 0.05) is 19.3 Å². The van der Waals surface area contributed by atoms with E-state index in [9.17, 15) is 4.79 Å². The summed E-state index contributed by atoms with van der Waals surface area (Å²) in [6, 6.07) is -0.107. The number of carbonyl (C=O) groups excluding carboxylic acids is 1. The average molecular weight is 226 g/mol. The molecule has 6 nitrogen and oxygen atoms in total. The molecule has 90 valence electrons. The van der Waals surface area contributed by atoms with E-state index in [2.05, 4.69) is 15.7 Å². The van der Waals surface area contributed by atoms with E-state index >= 15 is 0 Å². The average Bonchev–Trinajstić information content (AvgIpc) is 2.61. The molecule has 1 aromatic rings. The fourth-order valence-corrected chi connectivity index (χ4v) is 1.16. The largest absolute Gasteiger partial charge is 0.383 e. The maximum absolute atomic E-state index is 11.4. The second-order valence-corrected chi connectivity index (χ2v) is 3.74. The Balaban J connectivity index is 2.42. The van der Waals surface area contributed by atoms with Gasteiger partial charge in [0.05, 0.1) is 25.0 Å². The van der Waals surface area contributed by atoms with Gasteiger partial charge in [0.1, 0.15) is 0 Å². The zero-order valence-electron chi connectivity index (χ0n) is 9.86. The first-order valence-electron chi connectivity index (χ1n) is 5.20. The summed E-state index contributed by atoms with van der Waals surface area (Å²) in [5.41, 5.74) is 0.675. The lowest BCUT2D eigenvalue weighted by atomic mass is 10.4. The predicted octanol–water partition coefficient (Wildman–Crippen LogP) is 1.06. The third-order valence-electron chi connectivity index (χ3n) is 1.84. The van der Waals surface area contributed by atoms with Crippen LogP contribution in [0.5, 0.6) is 0 Å². The van der Waals surface area contributed by atoms with Crippen molar-refractivity contribution in [2.75, 3.05) is 19.0 Å². The molecule has 0 spiro atoms. The predicted molar refractivity (Wildman–Crippen MR) is 61.4 cm³/mol. The molecule has 0 bridgehead atoms. The summed E-state index contributed by atoms with van der Waals surface area (Å²) in [5.74, 6) is 0. The summed E-state index contributed by atoms with van der Waals surface area (Å²) in [4.78, 5) is 11.4. The first kappa shape index (κ1) is 12.5. The Morgan fingerprint density at radius 2 is 2.38 bits per heavy atom. The van der Waals surface area contributed by atoms with Crippen molar-refractivity contribution in [3.05, 3.63) is 12.4 Å². The molecule has 0 aliphatic heterocycles. The van der Waals surface area contributed by atoms with Crippen LogP contribution in [0.4, 0.5) is 10.5 Å². The molecule has 0 aromatic carbocycles. The van der Waals surface area contributed by atoms with Gasteiger partial charge in [-0.1, -0.05) is 0 Å². The monoisotopic (exact) mass is 226 g/mol. The molecule has 0 fully saturated rings. The van der Waals surface area contributed by atoms with E-state index in [4.69, 9.17) is 4.74 Å². The number of anilines is 1. The van der Waals surface area contributed by atoms with Crippen LogP contribution >= 0.6 is 0 Å². The molecule has 1 aromatic heterocycles. The Labute approximate surface area is 95.0 Å². The minimum Gasteiger partial charge on any atom is -0.383 e. The zero-order valence-corrected chi connectivity index (χ0v) is 9.86. The molecule has 0 saturated heterocycles. The molecule has 0 aliphatic rings. The van der Waals surface area contributed by atoms with Gasteiger partial charge in [0.2, 0.25) is 0 Å². The topological polar surface area (TPSA) is 68.2 Å². The highest BCUT2D eigenvalue weighted by Gasteiger charge is 2.04. The van der Waals surface area contributed by atoms with Crippen LogP contribution in [-0.4, -0.2) is 35.6 Å². The van der Waals surface area contributed by atoms with Gasteiger partial charge >= 0.3 is 6.03 Å². The van der Waals surface area contributed by atoms with Gasteiger partial charge < -0.3 is 15.4 Å². The van der Waals surface area contributed by atoms with Gasteiger partial charge in [0.25, 0.3) is 0 Å². The van der Waals surface area contributed by atoms with Crippen LogP contribution in [0.25, 0.3) is 0 Å². The summed E-state index contributed by atoms with van der Waals surface area (Å²) >= 11 is 0. The number of amides is 2. The fourth-order valence-electron chi connectivity index (χ4n) is 1.16. The Kier molecular flexibility index (Phi) is 4.78. The lowest BCUT2D eigenvalue weighted by Gasteiger charge is -2.08. The third-order valence-corrected chi connectivity index (χ3v) is 1.84. The van der Waals surface area contributed by atoms with E-state index in [1.807, 2.05) is 13.8 Å². The smallest absolute Gasteiger partial charge is 0.319 e. The van der Waals surface area contributed by atoms with E-state index in [0.29, 0.717) is 18.8 Å². The maximum Gasteiger partial charge on any atom is 0.319 e. The highest BCUT2D eigenvalue weighted by Crippen LogP contribution is 2.04. The van der Waals surface area contributed by atoms with Crippen LogP contribution in [0.15, 0.2) is 12.4 Å². The van der Waals surface area contributed by atoms with Crippen molar-refractivity contribution >= 4 is 11.7 Å². The van der Waals surface area contributed by atoms with Crippen molar-refractivity contribution in [1.82, 2.24) is 15.1 Å². The number of carbonyl (C=O) groups is 1. The molecule has 0 atom stereocenters. The molecule has 6 heteroatoms. The van der Waals surface area contributed by atoms with Crippen molar-refractivity contribution in [1.29, 1.82) is 0 Å². The Hall–Kier alpha value is -1.56. The summed E-state index contributed by atoms with van der Waals surface area (Å²) < 4.78 is 6.64. The van der Waals surface area contributed by atoms with Gasteiger partial charge in [0.15, 0.2) is 0 Å². The number of hydrogen-bond donors (Lipinski definition) is 2. The van der Waals surface area contributed by atoms with Gasteiger partial charge in [-0.15, -0.1) is 0 Å². The Morgan fingerprint density at radius 3 is 3.00 bits per heavy atom. The maximum atomic E-state index is 11.4. The lowest BCUT2D eigenvalue weighted by Crippen LogP contribution is -2.34. The number of nitrogens with one attached hydrogen (secondary N) is 2. The minimum atomic E-state index is -0.221. The molecule has 0 saturated carbocycles. The zero-order chi connectivity index (χ0) is 12.0. The molecule has 0 radical (unpaired) electrons. The fraction of sp³-hybridized carbons (Fsp3) is 0.600. The lowest BCUT2D eigenvalue weighted by molar-refractivity contribution is 0.183. The van der Waals surface area contributed by atoms with Crippen LogP contribution in [0.1, 0.15) is 13.8 Å². The van der Waals surface area contributed by atoms with Crippen LogP contribution in [0.3, 0.4) is 0 Å². The Bertz CT molecular complexity index is 335. The van der Waals surface area contributed by atoms with Gasteiger partial charge in [-0.2, -0.15) is 5.10 Å². The summed E-state index contributed by atoms with van der Waals surface area (Å²) in [7, 11) is 1.64. The van der Waals surface area contributed by atoms with E-state index in [-0.39, 0.29) is 12.1 Å². The first-order chi connectivity index (χ1) is 7.61. The summed E-state index contributed by atoms with van der Waals surface area (Å²) in [5, 5.41) is 9.51. The van der Waals surface area contributed by atoms with Gasteiger partial charge in [-0.25, -0.2) is 4.79 Å².